The van der Waals surface area contributed by atoms with Gasteiger partial charge in [-0.1, -0.05) is 28.1 Å². The molecule has 0 bridgehead atoms. The number of carbonyl (C=O) groups excluding carboxylic acids is 2. The Morgan fingerprint density at radius 3 is 2.88 bits per heavy atom. The van der Waals surface area contributed by atoms with Crippen molar-refractivity contribution in [3.8, 4) is 5.75 Å². The summed E-state index contributed by atoms with van der Waals surface area (Å²) >= 11 is 3.17. The first kappa shape index (κ1) is 17.4. The van der Waals surface area contributed by atoms with Gasteiger partial charge in [0.1, 0.15) is 0 Å². The standard InChI is InChI=1S/C18H16BrFN2O3/c1-11-8-17(23)21-14-4-2-3-5-15(14)22(11)18(24)10-25-16-7-6-12(19)9-13(16)20/h2-7,9,11H,8,10H2,1H3,(H,21,23)/t11-/m1/s1. The van der Waals surface area contributed by atoms with E-state index in [0.717, 1.165) is 0 Å². The number of nitrogens with zero attached hydrogens (tertiary/aromatic N) is 1. The average Bonchev–Trinajstić information content (AvgIpc) is 2.68. The lowest BCUT2D eigenvalue weighted by Crippen LogP contribution is -2.41. The highest BCUT2D eigenvalue weighted by Crippen LogP contribution is 2.31. The minimum atomic E-state index is -0.552. The molecule has 0 unspecified atom stereocenters. The minimum absolute atomic E-state index is 0.00140. The molecule has 0 aromatic heterocycles. The second kappa shape index (κ2) is 7.23. The van der Waals surface area contributed by atoms with Gasteiger partial charge >= 0.3 is 0 Å². The summed E-state index contributed by atoms with van der Waals surface area (Å²) in [5.41, 5.74) is 1.17. The van der Waals surface area contributed by atoms with E-state index in [4.69, 9.17) is 4.74 Å². The van der Waals surface area contributed by atoms with Crippen molar-refractivity contribution in [2.45, 2.75) is 19.4 Å². The van der Waals surface area contributed by atoms with Gasteiger partial charge in [-0.25, -0.2) is 4.39 Å². The van der Waals surface area contributed by atoms with Gasteiger partial charge in [0.05, 0.1) is 11.4 Å². The molecule has 2 aromatic rings. The molecule has 0 saturated carbocycles. The van der Waals surface area contributed by atoms with Gasteiger partial charge in [0.25, 0.3) is 5.91 Å². The van der Waals surface area contributed by atoms with Crippen molar-refractivity contribution in [3.05, 3.63) is 52.8 Å². The molecule has 3 rings (SSSR count). The molecule has 1 aliphatic rings. The van der Waals surface area contributed by atoms with Gasteiger partial charge in [0.15, 0.2) is 18.2 Å². The minimum Gasteiger partial charge on any atom is -0.481 e. The van der Waals surface area contributed by atoms with Gasteiger partial charge in [-0.15, -0.1) is 0 Å². The van der Waals surface area contributed by atoms with Crippen molar-refractivity contribution in [2.75, 3.05) is 16.8 Å². The maximum Gasteiger partial charge on any atom is 0.265 e. The maximum absolute atomic E-state index is 13.8. The van der Waals surface area contributed by atoms with Gasteiger partial charge < -0.3 is 15.0 Å². The van der Waals surface area contributed by atoms with E-state index >= 15 is 0 Å². The van der Waals surface area contributed by atoms with Crippen LogP contribution in [-0.4, -0.2) is 24.5 Å². The van der Waals surface area contributed by atoms with Crippen LogP contribution < -0.4 is 15.0 Å². The average molecular weight is 407 g/mol. The number of hydrogen-bond acceptors (Lipinski definition) is 3. The molecule has 0 radical (unpaired) electrons. The van der Waals surface area contributed by atoms with Crippen LogP contribution in [0.5, 0.6) is 5.75 Å². The topological polar surface area (TPSA) is 58.6 Å². The summed E-state index contributed by atoms with van der Waals surface area (Å²) in [4.78, 5) is 26.2. The van der Waals surface area contributed by atoms with Gasteiger partial charge in [0.2, 0.25) is 5.91 Å². The normalized spacial score (nSPS) is 16.7. The summed E-state index contributed by atoms with van der Waals surface area (Å²) in [5, 5.41) is 2.79. The first-order valence-electron chi connectivity index (χ1n) is 7.74. The highest BCUT2D eigenvalue weighted by Gasteiger charge is 2.29. The lowest BCUT2D eigenvalue weighted by molar-refractivity contribution is -0.121. The first-order valence-corrected chi connectivity index (χ1v) is 8.54. The van der Waals surface area contributed by atoms with Gasteiger partial charge in [-0.2, -0.15) is 0 Å². The highest BCUT2D eigenvalue weighted by atomic mass is 79.9. The fraction of sp³-hybridized carbons (Fsp3) is 0.222. The van der Waals surface area contributed by atoms with Crippen molar-refractivity contribution < 1.29 is 18.7 Å². The Hall–Kier alpha value is -2.41. The fourth-order valence-corrected chi connectivity index (χ4v) is 3.10. The van der Waals surface area contributed by atoms with Crippen LogP contribution in [0.4, 0.5) is 15.8 Å². The molecule has 25 heavy (non-hydrogen) atoms. The van der Waals surface area contributed by atoms with Gasteiger partial charge in [-0.3, -0.25) is 9.59 Å². The van der Waals surface area contributed by atoms with Crippen molar-refractivity contribution >= 4 is 39.1 Å². The van der Waals surface area contributed by atoms with E-state index in [1.807, 2.05) is 0 Å². The molecule has 0 aliphatic carbocycles. The number of fused-ring (bicyclic) bond motifs is 1. The molecule has 2 aromatic carbocycles. The third-order valence-corrected chi connectivity index (χ3v) is 4.37. The van der Waals surface area contributed by atoms with Crippen LogP contribution in [0.25, 0.3) is 0 Å². The molecule has 1 aliphatic heterocycles. The Balaban J connectivity index is 1.81. The Kier molecular flexibility index (Phi) is 5.03. The summed E-state index contributed by atoms with van der Waals surface area (Å²) in [6.45, 7) is 1.46. The number of halogens is 2. The maximum atomic E-state index is 13.8. The SMILES string of the molecule is C[C@@H]1CC(=O)Nc2ccccc2N1C(=O)COc1ccc(Br)cc1F. The van der Waals surface area contributed by atoms with Gasteiger partial charge in [0, 0.05) is 16.9 Å². The van der Waals surface area contributed by atoms with Crippen LogP contribution in [0, 0.1) is 5.82 Å². The Bertz CT molecular complexity index is 828. The molecule has 0 spiro atoms. The zero-order valence-electron chi connectivity index (χ0n) is 13.5. The quantitative estimate of drug-likeness (QED) is 0.844. The van der Waals surface area contributed by atoms with Crippen LogP contribution in [0.2, 0.25) is 0 Å². The second-order valence-electron chi connectivity index (χ2n) is 5.75. The molecule has 1 heterocycles. The summed E-state index contributed by atoms with van der Waals surface area (Å²) < 4.78 is 19.8. The van der Waals surface area contributed by atoms with E-state index in [9.17, 15) is 14.0 Å². The monoisotopic (exact) mass is 406 g/mol. The van der Waals surface area contributed by atoms with Crippen LogP contribution >= 0.6 is 15.9 Å². The molecule has 130 valence electrons. The number of rotatable bonds is 3. The predicted molar refractivity (Wildman–Crippen MR) is 96.2 cm³/mol. The zero-order chi connectivity index (χ0) is 18.0. The number of nitrogens with one attached hydrogen (secondary N) is 1. The number of anilines is 2. The van der Waals surface area contributed by atoms with E-state index in [-0.39, 0.29) is 36.6 Å². The lowest BCUT2D eigenvalue weighted by atomic mass is 10.1. The Morgan fingerprint density at radius 2 is 2.12 bits per heavy atom. The summed E-state index contributed by atoms with van der Waals surface area (Å²) in [6.07, 6.45) is 0.174. The van der Waals surface area contributed by atoms with Crippen molar-refractivity contribution in [2.24, 2.45) is 0 Å². The third kappa shape index (κ3) is 3.82. The summed E-state index contributed by atoms with van der Waals surface area (Å²) in [6, 6.07) is 11.1. The molecule has 7 heteroatoms. The summed E-state index contributed by atoms with van der Waals surface area (Å²) in [5.74, 6) is -1.06. The predicted octanol–water partition coefficient (Wildman–Crippen LogP) is 3.73. The van der Waals surface area contributed by atoms with Crippen LogP contribution in [0.1, 0.15) is 13.3 Å². The molecule has 0 saturated heterocycles. The van der Waals surface area contributed by atoms with Gasteiger partial charge in [-0.05, 0) is 37.3 Å². The van der Waals surface area contributed by atoms with E-state index in [0.29, 0.717) is 15.8 Å². The first-order chi connectivity index (χ1) is 12.0. The number of amides is 2. The second-order valence-corrected chi connectivity index (χ2v) is 6.66. The molecule has 1 atom stereocenters. The fourth-order valence-electron chi connectivity index (χ4n) is 2.77. The highest BCUT2D eigenvalue weighted by molar-refractivity contribution is 9.10. The van der Waals surface area contributed by atoms with Crippen LogP contribution in [0.3, 0.4) is 0 Å². The number of ether oxygens (including phenoxy) is 1. The molecule has 2 amide bonds. The van der Waals surface area contributed by atoms with E-state index in [1.165, 1.54) is 17.0 Å². The number of hydrogen-bond donors (Lipinski definition) is 1. The molecular weight excluding hydrogens is 391 g/mol. The lowest BCUT2D eigenvalue weighted by Gasteiger charge is -2.27. The van der Waals surface area contributed by atoms with Crippen molar-refractivity contribution in [3.63, 3.8) is 0 Å². The largest absolute Gasteiger partial charge is 0.481 e. The smallest absolute Gasteiger partial charge is 0.265 e. The van der Waals surface area contributed by atoms with E-state index < -0.39 is 5.82 Å². The Morgan fingerprint density at radius 1 is 1.36 bits per heavy atom. The number of para-hydroxylation sites is 2. The zero-order valence-corrected chi connectivity index (χ0v) is 15.0. The third-order valence-electron chi connectivity index (χ3n) is 3.87. The molecule has 1 N–H and O–H groups in total. The molecular formula is C18H16BrFN2O3. The van der Waals surface area contributed by atoms with Crippen LogP contribution in [-0.2, 0) is 9.59 Å². The van der Waals surface area contributed by atoms with Crippen molar-refractivity contribution in [1.29, 1.82) is 0 Å². The molecule has 0 fully saturated rings. The summed E-state index contributed by atoms with van der Waals surface area (Å²) in [7, 11) is 0. The van der Waals surface area contributed by atoms with E-state index in [1.54, 1.807) is 37.3 Å². The Labute approximate surface area is 152 Å². The van der Waals surface area contributed by atoms with E-state index in [2.05, 4.69) is 21.2 Å². The molecule has 5 nitrogen and oxygen atoms in total. The number of benzene rings is 2. The van der Waals surface area contributed by atoms with Crippen molar-refractivity contribution in [1.82, 2.24) is 0 Å². The van der Waals surface area contributed by atoms with Crippen LogP contribution in [0.15, 0.2) is 46.9 Å². The number of carbonyl (C=O) groups is 2.